The molecule has 0 bridgehead atoms. The van der Waals surface area contributed by atoms with Crippen LogP contribution in [0.4, 0.5) is 9.80 Å². The van der Waals surface area contributed by atoms with E-state index in [9.17, 15) is 9.90 Å². The number of nitrogens with one attached hydrogen (secondary N) is 2. The number of aliphatic hydroxyl groups excluding tert-OH is 1. The predicted octanol–water partition coefficient (Wildman–Crippen LogP) is 6.78. The molecule has 0 saturated heterocycles. The van der Waals surface area contributed by atoms with Crippen LogP contribution in [0.1, 0.15) is 47.8 Å². The van der Waals surface area contributed by atoms with E-state index in [2.05, 4.69) is 20.6 Å². The van der Waals surface area contributed by atoms with Crippen molar-refractivity contribution in [3.05, 3.63) is 108 Å². The fraction of sp³-hybridized carbons (Fsp3) is 0.361. The molecule has 11 heteroatoms. The Labute approximate surface area is 275 Å². The topological polar surface area (TPSA) is 114 Å². The number of aliphatic hydroxyl groups is 1. The Morgan fingerprint density at radius 3 is 2.66 bits per heavy atom. The van der Waals surface area contributed by atoms with Crippen LogP contribution < -0.4 is 10.1 Å². The molecule has 246 valence electrons. The van der Waals surface area contributed by atoms with Gasteiger partial charge in [0.15, 0.2) is 0 Å². The lowest BCUT2D eigenvalue weighted by molar-refractivity contribution is -0.115. The maximum atomic E-state index is 16.1. The fourth-order valence-corrected chi connectivity index (χ4v) is 8.89. The molecule has 9 nitrogen and oxygen atoms in total. The number of rotatable bonds is 12. The number of methoxy groups -OCH3 is 1. The maximum Gasteiger partial charge on any atom is 0.247 e. The lowest BCUT2D eigenvalue weighted by atomic mass is 9.86. The van der Waals surface area contributed by atoms with E-state index in [0.29, 0.717) is 30.1 Å². The van der Waals surface area contributed by atoms with E-state index in [4.69, 9.17) is 9.47 Å². The molecular formula is C36H42FN5O4Si. The van der Waals surface area contributed by atoms with Crippen molar-refractivity contribution in [2.75, 3.05) is 19.0 Å². The zero-order valence-electron chi connectivity index (χ0n) is 27.2. The molecule has 6 rings (SSSR count). The SMILES string of the molecule is CO[C@@H]1c2cc(NC(=O)Cc3c[nH]c4ccccc34)ccc2O[C@H](C(CCn2cc(C(CO)c3ccccc3)nn2)[Si](C)(C)F)[C@H]1C. The van der Waals surface area contributed by atoms with Crippen molar-refractivity contribution in [2.24, 2.45) is 5.92 Å². The molecule has 2 unspecified atom stereocenters. The molecule has 0 radical (unpaired) electrons. The van der Waals surface area contributed by atoms with Gasteiger partial charge in [-0.2, -0.15) is 0 Å². The van der Waals surface area contributed by atoms with Gasteiger partial charge in [-0.05, 0) is 54.9 Å². The minimum absolute atomic E-state index is 0.0868. The van der Waals surface area contributed by atoms with E-state index >= 15 is 4.11 Å². The number of aromatic amines is 1. The minimum Gasteiger partial charge on any atom is -0.490 e. The van der Waals surface area contributed by atoms with E-state index < -0.39 is 14.5 Å². The van der Waals surface area contributed by atoms with Crippen molar-refractivity contribution in [3.63, 3.8) is 0 Å². The van der Waals surface area contributed by atoms with Gasteiger partial charge in [0.2, 0.25) is 14.3 Å². The number of carbonyl (C=O) groups is 1. The first-order valence-electron chi connectivity index (χ1n) is 16.1. The molecule has 1 aliphatic rings. The summed E-state index contributed by atoms with van der Waals surface area (Å²) in [4.78, 5) is 16.2. The van der Waals surface area contributed by atoms with Gasteiger partial charge in [-0.3, -0.25) is 9.48 Å². The van der Waals surface area contributed by atoms with Crippen molar-refractivity contribution in [1.82, 2.24) is 20.0 Å². The summed E-state index contributed by atoms with van der Waals surface area (Å²) in [7, 11) is -1.58. The molecule has 0 spiro atoms. The van der Waals surface area contributed by atoms with E-state index in [1.165, 1.54) is 0 Å². The number of anilines is 1. The second kappa shape index (κ2) is 13.8. The van der Waals surface area contributed by atoms with Gasteiger partial charge in [-0.15, -0.1) is 5.10 Å². The van der Waals surface area contributed by atoms with E-state index in [-0.39, 0.29) is 42.4 Å². The van der Waals surface area contributed by atoms with Crippen LogP contribution in [0.3, 0.4) is 0 Å². The van der Waals surface area contributed by atoms with Crippen molar-refractivity contribution in [3.8, 4) is 5.75 Å². The molecule has 0 fully saturated rings. The van der Waals surface area contributed by atoms with Crippen LogP contribution in [0.25, 0.3) is 10.9 Å². The molecular weight excluding hydrogens is 614 g/mol. The number of benzene rings is 3. The largest absolute Gasteiger partial charge is 0.490 e. The lowest BCUT2D eigenvalue weighted by Crippen LogP contribution is -2.46. The third-order valence-corrected chi connectivity index (χ3v) is 11.8. The van der Waals surface area contributed by atoms with Crippen molar-refractivity contribution >= 4 is 30.9 Å². The van der Waals surface area contributed by atoms with Gasteiger partial charge < -0.3 is 29.0 Å². The Kier molecular flexibility index (Phi) is 9.58. The normalized spacial score (nSPS) is 19.1. The van der Waals surface area contributed by atoms with Crippen LogP contribution in [0.2, 0.25) is 18.6 Å². The summed E-state index contributed by atoms with van der Waals surface area (Å²) in [5.41, 5.74) is 4.69. The van der Waals surface area contributed by atoms with Gasteiger partial charge in [0.05, 0.1) is 30.7 Å². The van der Waals surface area contributed by atoms with Gasteiger partial charge in [-0.1, -0.05) is 60.7 Å². The molecule has 2 aromatic heterocycles. The monoisotopic (exact) mass is 655 g/mol. The van der Waals surface area contributed by atoms with Crippen molar-refractivity contribution < 1.29 is 23.5 Å². The highest BCUT2D eigenvalue weighted by atomic mass is 28.4. The van der Waals surface area contributed by atoms with Gasteiger partial charge >= 0.3 is 0 Å². The van der Waals surface area contributed by atoms with Crippen LogP contribution in [0.5, 0.6) is 5.75 Å². The van der Waals surface area contributed by atoms with E-state index in [1.54, 1.807) is 24.9 Å². The average molecular weight is 656 g/mol. The number of carbonyl (C=O) groups excluding carboxylic acids is 1. The Bertz CT molecular complexity index is 1820. The first kappa shape index (κ1) is 32.6. The Morgan fingerprint density at radius 1 is 1.15 bits per heavy atom. The van der Waals surface area contributed by atoms with E-state index in [1.807, 2.05) is 92.1 Å². The second-order valence-electron chi connectivity index (χ2n) is 12.9. The van der Waals surface area contributed by atoms with Gasteiger partial charge in [0.1, 0.15) is 11.9 Å². The smallest absolute Gasteiger partial charge is 0.247 e. The number of halogens is 1. The number of para-hydroxylation sites is 1. The van der Waals surface area contributed by atoms with Crippen molar-refractivity contribution in [2.45, 2.75) is 63.1 Å². The molecule has 0 saturated carbocycles. The highest BCUT2D eigenvalue weighted by Crippen LogP contribution is 2.48. The number of ether oxygens (including phenoxy) is 2. The maximum absolute atomic E-state index is 16.1. The van der Waals surface area contributed by atoms with Crippen LogP contribution in [-0.2, 0) is 22.5 Å². The highest BCUT2D eigenvalue weighted by Gasteiger charge is 2.47. The van der Waals surface area contributed by atoms with Crippen molar-refractivity contribution in [1.29, 1.82) is 0 Å². The van der Waals surface area contributed by atoms with E-state index in [0.717, 1.165) is 27.6 Å². The number of fused-ring (bicyclic) bond motifs is 2. The number of amides is 1. The predicted molar refractivity (Wildman–Crippen MR) is 183 cm³/mol. The first-order valence-corrected chi connectivity index (χ1v) is 19.0. The van der Waals surface area contributed by atoms with Crippen LogP contribution in [0.15, 0.2) is 85.2 Å². The Hall–Kier alpha value is -4.32. The molecule has 5 atom stereocenters. The van der Waals surface area contributed by atoms with Crippen LogP contribution in [0, 0.1) is 5.92 Å². The number of hydrogen-bond donors (Lipinski definition) is 3. The molecule has 3 N–H and O–H groups in total. The molecule has 5 aromatic rings. The number of nitrogens with zero attached hydrogens (tertiary/aromatic N) is 3. The standard InChI is InChI=1S/C36H42FN5O4Si/c1-23-35(45-2)28-19-26(39-34(44)18-25-20-38-30-13-9-8-12-27(25)30)14-15-32(28)46-36(23)33(47(3,4)37)16-17-42-21-31(40-41-42)29(22-43)24-10-6-5-7-11-24/h5-15,19-21,23,29,33,35-36,38,43H,16-18,22H2,1-4H3,(H,39,44)/t23-,29?,33?,35-,36-/m0/s1. The average Bonchev–Trinajstić information content (AvgIpc) is 3.69. The summed E-state index contributed by atoms with van der Waals surface area (Å²) >= 11 is 0. The van der Waals surface area contributed by atoms with Crippen LogP contribution in [-0.4, -0.2) is 59.2 Å². The molecule has 1 aliphatic heterocycles. The summed E-state index contributed by atoms with van der Waals surface area (Å²) in [5.74, 6) is 0.0772. The Morgan fingerprint density at radius 2 is 1.91 bits per heavy atom. The highest BCUT2D eigenvalue weighted by molar-refractivity contribution is 6.72. The summed E-state index contributed by atoms with van der Waals surface area (Å²) < 4.78 is 30.4. The summed E-state index contributed by atoms with van der Waals surface area (Å²) in [5, 5.41) is 22.8. The third kappa shape index (κ3) is 7.02. The first-order chi connectivity index (χ1) is 22.7. The summed E-state index contributed by atoms with van der Waals surface area (Å²) in [6.07, 6.45) is 3.70. The second-order valence-corrected chi connectivity index (χ2v) is 16.8. The zero-order chi connectivity index (χ0) is 33.1. The molecule has 3 heterocycles. The van der Waals surface area contributed by atoms with Crippen LogP contribution >= 0.6 is 0 Å². The van der Waals surface area contributed by atoms with Gasteiger partial charge in [0, 0.05) is 59.7 Å². The molecule has 1 amide bonds. The summed E-state index contributed by atoms with van der Waals surface area (Å²) in [6.45, 7) is 5.86. The lowest BCUT2D eigenvalue weighted by Gasteiger charge is -2.43. The minimum atomic E-state index is -3.23. The Balaban J connectivity index is 1.16. The molecule has 3 aromatic carbocycles. The molecule has 47 heavy (non-hydrogen) atoms. The molecule has 0 aliphatic carbocycles. The summed E-state index contributed by atoms with van der Waals surface area (Å²) in [6, 6.07) is 23.2. The third-order valence-electron chi connectivity index (χ3n) is 9.38. The quantitative estimate of drug-likeness (QED) is 0.101. The van der Waals surface area contributed by atoms with Gasteiger partial charge in [-0.25, -0.2) is 0 Å². The number of H-pyrrole nitrogens is 1. The number of aromatic nitrogens is 4. The van der Waals surface area contributed by atoms with Gasteiger partial charge in [0.25, 0.3) is 0 Å². The zero-order valence-corrected chi connectivity index (χ0v) is 28.2. The fourth-order valence-electron chi connectivity index (χ4n) is 6.92. The number of hydrogen-bond acceptors (Lipinski definition) is 6. The number of aryl methyl sites for hydroxylation is 1.